The summed E-state index contributed by atoms with van der Waals surface area (Å²) in [5.41, 5.74) is 2.03. The minimum Gasteiger partial charge on any atom is -0.518 e. The normalized spacial score (nSPS) is 12.1. The molecule has 0 atom stereocenters. The lowest BCUT2D eigenvalue weighted by Crippen LogP contribution is -2.34. The molecule has 0 spiro atoms. The highest BCUT2D eigenvalue weighted by Crippen LogP contribution is 2.28. The first kappa shape index (κ1) is 16.6. The Morgan fingerprint density at radius 3 is 2.18 bits per heavy atom. The van der Waals surface area contributed by atoms with Gasteiger partial charge in [-0.1, -0.05) is 19.6 Å². The minimum absolute atomic E-state index is 0.456. The van der Waals surface area contributed by atoms with Crippen LogP contribution in [0.4, 0.5) is 5.82 Å². The van der Waals surface area contributed by atoms with Gasteiger partial charge >= 0.3 is 6.01 Å². The summed E-state index contributed by atoms with van der Waals surface area (Å²) < 4.78 is 5.93. The molecule has 0 amide bonds. The largest absolute Gasteiger partial charge is 0.518 e. The number of hydrogen-bond donors (Lipinski definition) is 1. The molecule has 2 heterocycles. The Labute approximate surface area is 134 Å². The van der Waals surface area contributed by atoms with Crippen LogP contribution in [-0.4, -0.2) is 31.5 Å². The van der Waals surface area contributed by atoms with Gasteiger partial charge in [-0.05, 0) is 37.3 Å². The van der Waals surface area contributed by atoms with Crippen molar-refractivity contribution in [3.8, 4) is 17.1 Å². The standard InChI is InChI=1S/C15H24N4OSi2/c1-21(2,3)19-14-13(12-7-9-16-10-8-12)11-17-15(18-14)20-22(4,5)6/h7-11H,1-6H3,(H,17,18,19). The molecule has 0 fully saturated rings. The molecule has 2 rings (SSSR count). The number of nitrogens with zero attached hydrogens (tertiary/aromatic N) is 3. The van der Waals surface area contributed by atoms with Gasteiger partial charge in [0.1, 0.15) is 14.1 Å². The summed E-state index contributed by atoms with van der Waals surface area (Å²) >= 11 is 0. The SMILES string of the molecule is C[Si](C)(C)Nc1nc(O[Si](C)(C)C)ncc1-c1ccncc1. The Kier molecular flexibility index (Phi) is 4.67. The first-order valence-corrected chi connectivity index (χ1v) is 14.3. The molecule has 0 unspecified atom stereocenters. The van der Waals surface area contributed by atoms with Crippen molar-refractivity contribution in [1.82, 2.24) is 15.0 Å². The van der Waals surface area contributed by atoms with Crippen molar-refractivity contribution in [1.29, 1.82) is 0 Å². The van der Waals surface area contributed by atoms with Crippen molar-refractivity contribution >= 4 is 22.4 Å². The van der Waals surface area contributed by atoms with E-state index in [-0.39, 0.29) is 0 Å². The average Bonchev–Trinajstić information content (AvgIpc) is 2.36. The molecular formula is C15H24N4OSi2. The number of aromatic nitrogens is 3. The fraction of sp³-hybridized carbons (Fsp3) is 0.400. The fourth-order valence-corrected chi connectivity index (χ4v) is 3.43. The van der Waals surface area contributed by atoms with Crippen LogP contribution in [0.15, 0.2) is 30.7 Å². The molecule has 22 heavy (non-hydrogen) atoms. The highest BCUT2D eigenvalue weighted by atomic mass is 28.4. The quantitative estimate of drug-likeness (QED) is 0.839. The van der Waals surface area contributed by atoms with E-state index in [2.05, 4.69) is 59.2 Å². The zero-order chi connectivity index (χ0) is 16.4. The third-order valence-electron chi connectivity index (χ3n) is 2.65. The molecule has 0 aliphatic carbocycles. The van der Waals surface area contributed by atoms with Gasteiger partial charge in [-0.25, -0.2) is 4.98 Å². The van der Waals surface area contributed by atoms with Gasteiger partial charge in [0.05, 0.1) is 0 Å². The van der Waals surface area contributed by atoms with Crippen LogP contribution in [0.25, 0.3) is 11.1 Å². The molecule has 5 nitrogen and oxygen atoms in total. The Morgan fingerprint density at radius 1 is 1.00 bits per heavy atom. The number of anilines is 1. The second-order valence-corrected chi connectivity index (χ2v) is 16.4. The van der Waals surface area contributed by atoms with Gasteiger partial charge in [-0.15, -0.1) is 0 Å². The van der Waals surface area contributed by atoms with Crippen molar-refractivity contribution in [2.45, 2.75) is 39.3 Å². The summed E-state index contributed by atoms with van der Waals surface area (Å²) in [5.74, 6) is 0.841. The molecule has 0 saturated heterocycles. The molecular weight excluding hydrogens is 308 g/mol. The summed E-state index contributed by atoms with van der Waals surface area (Å²) in [6.07, 6.45) is 5.39. The zero-order valence-corrected chi connectivity index (χ0v) is 16.1. The molecule has 1 N–H and O–H groups in total. The van der Waals surface area contributed by atoms with Crippen LogP contribution in [-0.2, 0) is 0 Å². The van der Waals surface area contributed by atoms with Gasteiger partial charge in [-0.3, -0.25) is 4.98 Å². The summed E-state index contributed by atoms with van der Waals surface area (Å²) in [6, 6.07) is 4.39. The second kappa shape index (κ2) is 6.17. The first-order valence-electron chi connectivity index (χ1n) is 7.39. The number of pyridine rings is 1. The van der Waals surface area contributed by atoms with E-state index < -0.39 is 16.6 Å². The van der Waals surface area contributed by atoms with E-state index in [1.54, 1.807) is 12.4 Å². The van der Waals surface area contributed by atoms with Crippen molar-refractivity contribution < 1.29 is 4.43 Å². The summed E-state index contributed by atoms with van der Waals surface area (Å²) in [7, 11) is -3.27. The van der Waals surface area contributed by atoms with E-state index in [4.69, 9.17) is 4.43 Å². The molecule has 118 valence electrons. The van der Waals surface area contributed by atoms with E-state index in [0.717, 1.165) is 16.9 Å². The second-order valence-electron chi connectivity index (χ2n) is 7.24. The van der Waals surface area contributed by atoms with Crippen LogP contribution in [0.1, 0.15) is 0 Å². The van der Waals surface area contributed by atoms with Gasteiger partial charge in [0.25, 0.3) is 0 Å². The Morgan fingerprint density at radius 2 is 1.64 bits per heavy atom. The van der Waals surface area contributed by atoms with Crippen molar-refractivity contribution in [2.24, 2.45) is 0 Å². The summed E-state index contributed by atoms with van der Waals surface area (Å²) in [5, 5.41) is 0. The molecule has 2 aromatic rings. The monoisotopic (exact) mass is 332 g/mol. The maximum Gasteiger partial charge on any atom is 0.304 e. The average molecular weight is 333 g/mol. The molecule has 0 saturated carbocycles. The van der Waals surface area contributed by atoms with E-state index in [9.17, 15) is 0 Å². The molecule has 0 aromatic carbocycles. The lowest BCUT2D eigenvalue weighted by Gasteiger charge is -2.23. The molecule has 0 aliphatic rings. The van der Waals surface area contributed by atoms with Crippen LogP contribution < -0.4 is 9.41 Å². The van der Waals surface area contributed by atoms with Gasteiger partial charge < -0.3 is 9.41 Å². The van der Waals surface area contributed by atoms with Crippen molar-refractivity contribution in [2.75, 3.05) is 4.98 Å². The van der Waals surface area contributed by atoms with Crippen LogP contribution >= 0.6 is 0 Å². The predicted molar refractivity (Wildman–Crippen MR) is 96.2 cm³/mol. The fourth-order valence-electron chi connectivity index (χ4n) is 1.88. The number of nitrogens with one attached hydrogen (secondary N) is 1. The number of hydrogen-bond acceptors (Lipinski definition) is 5. The Balaban J connectivity index is 2.45. The highest BCUT2D eigenvalue weighted by molar-refractivity contribution is 6.79. The third-order valence-corrected chi connectivity index (χ3v) is 4.43. The van der Waals surface area contributed by atoms with E-state index in [1.165, 1.54) is 0 Å². The first-order chi connectivity index (χ1) is 10.1. The Hall–Kier alpha value is -1.74. The predicted octanol–water partition coefficient (Wildman–Crippen LogP) is 4.00. The number of rotatable bonds is 5. The summed E-state index contributed by atoms with van der Waals surface area (Å²) in [4.78, 5) is 16.7. The van der Waals surface area contributed by atoms with Gasteiger partial charge in [0.2, 0.25) is 8.32 Å². The van der Waals surface area contributed by atoms with Crippen molar-refractivity contribution in [3.63, 3.8) is 0 Å². The minimum atomic E-state index is -1.73. The van der Waals surface area contributed by atoms with Gasteiger partial charge in [0.15, 0.2) is 0 Å². The van der Waals surface area contributed by atoms with Crippen molar-refractivity contribution in [3.05, 3.63) is 30.7 Å². The molecule has 0 radical (unpaired) electrons. The van der Waals surface area contributed by atoms with Crippen LogP contribution in [0.3, 0.4) is 0 Å². The highest BCUT2D eigenvalue weighted by Gasteiger charge is 2.21. The molecule has 0 bridgehead atoms. The molecule has 0 aliphatic heterocycles. The lowest BCUT2D eigenvalue weighted by molar-refractivity contribution is 0.510. The molecule has 2 aromatic heterocycles. The third kappa shape index (κ3) is 4.92. The zero-order valence-electron chi connectivity index (χ0n) is 14.1. The van der Waals surface area contributed by atoms with Crippen LogP contribution in [0.2, 0.25) is 39.3 Å². The van der Waals surface area contributed by atoms with Gasteiger partial charge in [-0.2, -0.15) is 4.98 Å². The van der Waals surface area contributed by atoms with Crippen LogP contribution in [0.5, 0.6) is 6.01 Å². The smallest absolute Gasteiger partial charge is 0.304 e. The van der Waals surface area contributed by atoms with Crippen LogP contribution in [0, 0.1) is 0 Å². The van der Waals surface area contributed by atoms with E-state index >= 15 is 0 Å². The molecule has 7 heteroatoms. The maximum absolute atomic E-state index is 5.93. The lowest BCUT2D eigenvalue weighted by atomic mass is 10.1. The van der Waals surface area contributed by atoms with E-state index in [1.807, 2.05) is 18.3 Å². The van der Waals surface area contributed by atoms with Gasteiger partial charge in [0, 0.05) is 24.2 Å². The maximum atomic E-state index is 5.93. The Bertz CT molecular complexity index is 636. The topological polar surface area (TPSA) is 59.9 Å². The summed E-state index contributed by atoms with van der Waals surface area (Å²) in [6.45, 7) is 13.1. The van der Waals surface area contributed by atoms with E-state index in [0.29, 0.717) is 6.01 Å².